The number of nitrogens with zero attached hydrogens (tertiary/aromatic N) is 5. The van der Waals surface area contributed by atoms with Crippen LogP contribution in [0.15, 0.2) is 5.38 Å². The molecule has 0 bridgehead atoms. The lowest BCUT2D eigenvalue weighted by Crippen LogP contribution is -2.49. The number of anilines is 1. The third-order valence-corrected chi connectivity index (χ3v) is 6.12. The number of carbonyl (C=O) groups is 1. The molecule has 1 aliphatic heterocycles. The predicted molar refractivity (Wildman–Crippen MR) is 94.6 cm³/mol. The molecule has 0 unspecified atom stereocenters. The minimum Gasteiger partial charge on any atom is -0.322 e. The minimum absolute atomic E-state index is 0.0716. The standard InChI is InChI=1S/C15H20N6OS2/c1-10-16-12(9-23-10)8-20-4-6-21(7-5-20)15(22)17-14-19-18-13(24-14)11-2-3-11/h9,11H,2-8H2,1H3,(H,17,19,22). The van der Waals surface area contributed by atoms with Gasteiger partial charge in [-0.25, -0.2) is 9.78 Å². The summed E-state index contributed by atoms with van der Waals surface area (Å²) in [5.74, 6) is 0.575. The number of piperazine rings is 1. The Balaban J connectivity index is 1.26. The van der Waals surface area contributed by atoms with Crippen LogP contribution >= 0.6 is 22.7 Å². The maximum absolute atomic E-state index is 12.4. The van der Waals surface area contributed by atoms with Gasteiger partial charge in [0.1, 0.15) is 5.01 Å². The maximum atomic E-state index is 12.4. The van der Waals surface area contributed by atoms with Gasteiger partial charge in [0.15, 0.2) is 0 Å². The highest BCUT2D eigenvalue weighted by Gasteiger charge is 2.28. The topological polar surface area (TPSA) is 74.2 Å². The minimum atomic E-state index is -0.0716. The molecule has 0 atom stereocenters. The normalized spacial score (nSPS) is 18.8. The van der Waals surface area contributed by atoms with Gasteiger partial charge >= 0.3 is 6.03 Å². The summed E-state index contributed by atoms with van der Waals surface area (Å²) in [4.78, 5) is 21.1. The Morgan fingerprint density at radius 3 is 2.75 bits per heavy atom. The van der Waals surface area contributed by atoms with Crippen LogP contribution in [0.5, 0.6) is 0 Å². The lowest BCUT2D eigenvalue weighted by Gasteiger charge is -2.34. The van der Waals surface area contributed by atoms with Crippen LogP contribution in [-0.2, 0) is 6.54 Å². The Morgan fingerprint density at radius 2 is 2.08 bits per heavy atom. The molecule has 3 heterocycles. The molecule has 7 nitrogen and oxygen atoms in total. The van der Waals surface area contributed by atoms with Crippen LogP contribution in [0.1, 0.15) is 34.5 Å². The highest BCUT2D eigenvalue weighted by Crippen LogP contribution is 2.42. The number of thiazole rings is 1. The molecule has 128 valence electrons. The molecule has 2 aromatic heterocycles. The van der Waals surface area contributed by atoms with E-state index in [-0.39, 0.29) is 6.03 Å². The number of aromatic nitrogens is 3. The van der Waals surface area contributed by atoms with Crippen molar-refractivity contribution in [3.05, 3.63) is 21.1 Å². The number of nitrogens with one attached hydrogen (secondary N) is 1. The first-order chi connectivity index (χ1) is 11.7. The fraction of sp³-hybridized carbons (Fsp3) is 0.600. The molecular weight excluding hydrogens is 344 g/mol. The van der Waals surface area contributed by atoms with E-state index in [2.05, 4.69) is 30.8 Å². The first-order valence-corrected chi connectivity index (χ1v) is 9.89. The predicted octanol–water partition coefficient (Wildman–Crippen LogP) is 2.53. The summed E-state index contributed by atoms with van der Waals surface area (Å²) in [6.07, 6.45) is 2.39. The average molecular weight is 365 g/mol. The number of hydrogen-bond acceptors (Lipinski definition) is 7. The van der Waals surface area contributed by atoms with Gasteiger partial charge in [0, 0.05) is 44.0 Å². The van der Waals surface area contributed by atoms with Crippen LogP contribution in [0.3, 0.4) is 0 Å². The monoisotopic (exact) mass is 364 g/mol. The third kappa shape index (κ3) is 3.73. The molecule has 2 aliphatic rings. The summed E-state index contributed by atoms with van der Waals surface area (Å²) in [7, 11) is 0. The van der Waals surface area contributed by atoms with Gasteiger partial charge in [-0.3, -0.25) is 10.2 Å². The van der Waals surface area contributed by atoms with Crippen LogP contribution in [0.2, 0.25) is 0 Å². The summed E-state index contributed by atoms with van der Waals surface area (Å²) in [6.45, 7) is 6.08. The number of carbonyl (C=O) groups excluding carboxylic acids is 1. The third-order valence-electron chi connectivity index (χ3n) is 4.29. The molecule has 2 fully saturated rings. The van der Waals surface area contributed by atoms with E-state index in [1.807, 2.05) is 11.8 Å². The van der Waals surface area contributed by atoms with Crippen molar-refractivity contribution in [3.63, 3.8) is 0 Å². The van der Waals surface area contributed by atoms with E-state index in [1.54, 1.807) is 11.3 Å². The lowest BCUT2D eigenvalue weighted by atomic mass is 10.3. The first-order valence-electron chi connectivity index (χ1n) is 8.20. The van der Waals surface area contributed by atoms with Gasteiger partial charge in [0.25, 0.3) is 0 Å². The van der Waals surface area contributed by atoms with E-state index < -0.39 is 0 Å². The molecule has 0 radical (unpaired) electrons. The van der Waals surface area contributed by atoms with Gasteiger partial charge in [-0.1, -0.05) is 11.3 Å². The Labute approximate surface area is 148 Å². The van der Waals surface area contributed by atoms with Crippen LogP contribution in [0.25, 0.3) is 0 Å². The fourth-order valence-corrected chi connectivity index (χ4v) is 4.28. The van der Waals surface area contributed by atoms with Crippen LogP contribution in [0.4, 0.5) is 9.93 Å². The first kappa shape index (κ1) is 15.9. The Bertz CT molecular complexity index is 717. The Kier molecular flexibility index (Phi) is 4.47. The number of amides is 2. The van der Waals surface area contributed by atoms with Crippen molar-refractivity contribution in [2.45, 2.75) is 32.2 Å². The van der Waals surface area contributed by atoms with Gasteiger partial charge in [0.2, 0.25) is 5.13 Å². The molecular formula is C15H20N6OS2. The summed E-state index contributed by atoms with van der Waals surface area (Å²) < 4.78 is 0. The molecule has 0 spiro atoms. The number of hydrogen-bond donors (Lipinski definition) is 1. The molecule has 1 saturated carbocycles. The maximum Gasteiger partial charge on any atom is 0.323 e. The molecule has 1 N–H and O–H groups in total. The molecule has 24 heavy (non-hydrogen) atoms. The molecule has 1 aliphatic carbocycles. The second kappa shape index (κ2) is 6.73. The van der Waals surface area contributed by atoms with E-state index in [0.717, 1.165) is 48.4 Å². The highest BCUT2D eigenvalue weighted by molar-refractivity contribution is 7.15. The largest absolute Gasteiger partial charge is 0.323 e. The average Bonchev–Trinajstić information content (AvgIpc) is 3.20. The van der Waals surface area contributed by atoms with Crippen LogP contribution in [0, 0.1) is 6.92 Å². The molecule has 0 aromatic carbocycles. The van der Waals surface area contributed by atoms with Crippen molar-refractivity contribution in [2.75, 3.05) is 31.5 Å². The highest BCUT2D eigenvalue weighted by atomic mass is 32.1. The number of urea groups is 1. The number of rotatable bonds is 4. The van der Waals surface area contributed by atoms with Crippen molar-refractivity contribution >= 4 is 33.8 Å². The van der Waals surface area contributed by atoms with Gasteiger partial charge in [-0.2, -0.15) is 0 Å². The SMILES string of the molecule is Cc1nc(CN2CCN(C(=O)Nc3nnc(C4CC4)s3)CC2)cs1. The smallest absolute Gasteiger partial charge is 0.322 e. The van der Waals surface area contributed by atoms with Gasteiger partial charge in [-0.05, 0) is 19.8 Å². The zero-order valence-corrected chi connectivity index (χ0v) is 15.2. The van der Waals surface area contributed by atoms with Crippen molar-refractivity contribution in [1.29, 1.82) is 0 Å². The molecule has 1 saturated heterocycles. The van der Waals surface area contributed by atoms with Crippen LogP contribution in [-0.4, -0.2) is 57.2 Å². The zero-order chi connectivity index (χ0) is 16.5. The summed E-state index contributed by atoms with van der Waals surface area (Å²) in [5.41, 5.74) is 1.12. The lowest BCUT2D eigenvalue weighted by molar-refractivity contribution is 0.142. The second-order valence-corrected chi connectivity index (χ2v) is 8.34. The van der Waals surface area contributed by atoms with E-state index in [9.17, 15) is 4.79 Å². The van der Waals surface area contributed by atoms with Gasteiger partial charge in [0.05, 0.1) is 10.7 Å². The Hall–Kier alpha value is -1.58. The van der Waals surface area contributed by atoms with Gasteiger partial charge < -0.3 is 4.90 Å². The van der Waals surface area contributed by atoms with E-state index in [1.165, 1.54) is 24.2 Å². The van der Waals surface area contributed by atoms with Crippen molar-refractivity contribution in [2.24, 2.45) is 0 Å². The molecule has 2 aromatic rings. The molecule has 4 rings (SSSR count). The molecule has 2 amide bonds. The van der Waals surface area contributed by atoms with Crippen molar-refractivity contribution < 1.29 is 4.79 Å². The van der Waals surface area contributed by atoms with Crippen molar-refractivity contribution in [3.8, 4) is 0 Å². The van der Waals surface area contributed by atoms with Crippen molar-refractivity contribution in [1.82, 2.24) is 25.0 Å². The summed E-state index contributed by atoms with van der Waals surface area (Å²) in [5, 5.41) is 16.0. The van der Waals surface area contributed by atoms with E-state index >= 15 is 0 Å². The zero-order valence-electron chi connectivity index (χ0n) is 13.6. The fourth-order valence-electron chi connectivity index (χ4n) is 2.77. The summed E-state index contributed by atoms with van der Waals surface area (Å²) >= 11 is 3.19. The van der Waals surface area contributed by atoms with Crippen LogP contribution < -0.4 is 5.32 Å². The summed E-state index contributed by atoms with van der Waals surface area (Å²) in [6, 6.07) is -0.0716. The van der Waals surface area contributed by atoms with E-state index in [4.69, 9.17) is 0 Å². The van der Waals surface area contributed by atoms with Gasteiger partial charge in [-0.15, -0.1) is 21.5 Å². The number of aryl methyl sites for hydroxylation is 1. The quantitative estimate of drug-likeness (QED) is 0.902. The molecule has 9 heteroatoms. The second-order valence-electron chi connectivity index (χ2n) is 6.27. The Morgan fingerprint density at radius 1 is 1.29 bits per heavy atom. The van der Waals surface area contributed by atoms with E-state index in [0.29, 0.717) is 11.0 Å².